The molecule has 29 heavy (non-hydrogen) atoms. The maximum absolute atomic E-state index is 12.2. The zero-order chi connectivity index (χ0) is 20.6. The molecule has 154 valence electrons. The number of carbonyl (C=O) groups excluding carboxylic acids is 2. The lowest BCUT2D eigenvalue weighted by Gasteiger charge is -2.32. The fourth-order valence-electron chi connectivity index (χ4n) is 3.39. The van der Waals surface area contributed by atoms with E-state index >= 15 is 0 Å². The van der Waals surface area contributed by atoms with Crippen LogP contribution in [0, 0.1) is 6.92 Å². The van der Waals surface area contributed by atoms with Gasteiger partial charge in [0.2, 0.25) is 5.91 Å². The Balaban J connectivity index is 1.40. The third-order valence-corrected chi connectivity index (χ3v) is 5.27. The van der Waals surface area contributed by atoms with E-state index in [0.29, 0.717) is 12.1 Å². The van der Waals surface area contributed by atoms with Gasteiger partial charge in [0.25, 0.3) is 5.91 Å². The predicted octanol–water partition coefficient (Wildman–Crippen LogP) is 2.50. The highest BCUT2D eigenvalue weighted by molar-refractivity contribution is 5.96. The fourth-order valence-corrected chi connectivity index (χ4v) is 3.39. The number of likely N-dealkylation sites (N-methyl/N-ethyl adjacent to an activating group) is 1. The molecule has 2 aromatic rings. The molecule has 0 bridgehead atoms. The Bertz CT molecular complexity index is 827. The first kappa shape index (κ1) is 21.0. The summed E-state index contributed by atoms with van der Waals surface area (Å²) in [6, 6.07) is 15.4. The highest BCUT2D eigenvalue weighted by Crippen LogP contribution is 2.13. The van der Waals surface area contributed by atoms with E-state index in [1.807, 2.05) is 37.3 Å². The second kappa shape index (κ2) is 10.2. The van der Waals surface area contributed by atoms with Gasteiger partial charge in [0.1, 0.15) is 0 Å². The highest BCUT2D eigenvalue weighted by Gasteiger charge is 2.14. The Morgan fingerprint density at radius 3 is 2.34 bits per heavy atom. The molecule has 0 saturated carbocycles. The van der Waals surface area contributed by atoms with Gasteiger partial charge >= 0.3 is 0 Å². The molecule has 1 fully saturated rings. The Labute approximate surface area is 172 Å². The van der Waals surface area contributed by atoms with E-state index < -0.39 is 0 Å². The second-order valence-corrected chi connectivity index (χ2v) is 7.65. The third kappa shape index (κ3) is 6.41. The molecule has 0 atom stereocenters. The van der Waals surface area contributed by atoms with Crippen molar-refractivity contribution >= 4 is 17.5 Å². The number of nitrogens with one attached hydrogen (secondary N) is 2. The summed E-state index contributed by atoms with van der Waals surface area (Å²) in [6.07, 6.45) is 0.237. The molecule has 3 rings (SSSR count). The lowest BCUT2D eigenvalue weighted by atomic mass is 10.1. The maximum atomic E-state index is 12.2. The largest absolute Gasteiger partial charge is 0.352 e. The molecule has 0 spiro atoms. The molecule has 1 aliphatic rings. The van der Waals surface area contributed by atoms with Gasteiger partial charge in [-0.1, -0.05) is 30.3 Å². The molecule has 0 aliphatic carbocycles. The maximum Gasteiger partial charge on any atom is 0.251 e. The van der Waals surface area contributed by atoms with Crippen LogP contribution < -0.4 is 10.6 Å². The van der Waals surface area contributed by atoms with Crippen LogP contribution in [0.3, 0.4) is 0 Å². The summed E-state index contributed by atoms with van der Waals surface area (Å²) in [5.74, 6) is -0.258. The van der Waals surface area contributed by atoms with Crippen molar-refractivity contribution in [1.82, 2.24) is 15.1 Å². The van der Waals surface area contributed by atoms with Crippen molar-refractivity contribution in [3.63, 3.8) is 0 Å². The molecule has 2 amide bonds. The average Bonchev–Trinajstić information content (AvgIpc) is 2.71. The molecule has 6 nitrogen and oxygen atoms in total. The zero-order valence-corrected chi connectivity index (χ0v) is 17.3. The fraction of sp³-hybridized carbons (Fsp3) is 0.391. The van der Waals surface area contributed by atoms with Crippen LogP contribution in [0.15, 0.2) is 48.5 Å². The molecule has 1 aliphatic heterocycles. The number of benzene rings is 2. The van der Waals surface area contributed by atoms with Crippen LogP contribution in [0.1, 0.15) is 27.9 Å². The summed E-state index contributed by atoms with van der Waals surface area (Å²) >= 11 is 0. The molecule has 1 saturated heterocycles. The van der Waals surface area contributed by atoms with Gasteiger partial charge in [-0.2, -0.15) is 0 Å². The molecule has 0 unspecified atom stereocenters. The monoisotopic (exact) mass is 394 g/mol. The summed E-state index contributed by atoms with van der Waals surface area (Å²) < 4.78 is 0. The summed E-state index contributed by atoms with van der Waals surface area (Å²) in [4.78, 5) is 29.1. The van der Waals surface area contributed by atoms with Gasteiger partial charge < -0.3 is 15.5 Å². The van der Waals surface area contributed by atoms with E-state index in [9.17, 15) is 9.59 Å². The lowest BCUT2D eigenvalue weighted by Crippen LogP contribution is -2.43. The second-order valence-electron chi connectivity index (χ2n) is 7.65. The van der Waals surface area contributed by atoms with Crippen LogP contribution in [0.2, 0.25) is 0 Å². The van der Waals surface area contributed by atoms with E-state index in [2.05, 4.69) is 39.6 Å². The van der Waals surface area contributed by atoms with Crippen LogP contribution in [0.5, 0.6) is 0 Å². The minimum Gasteiger partial charge on any atom is -0.352 e. The first-order chi connectivity index (χ1) is 14.0. The number of nitrogens with zero attached hydrogens (tertiary/aromatic N) is 2. The molecule has 2 aromatic carbocycles. The summed E-state index contributed by atoms with van der Waals surface area (Å²) in [5.41, 5.74) is 3.59. The zero-order valence-electron chi connectivity index (χ0n) is 17.3. The molecule has 1 heterocycles. The number of hydrogen-bond donors (Lipinski definition) is 2. The standard InChI is InChI=1S/C23H30N4O2/c1-18-5-3-4-6-21(18)23(29)24-12-11-22(28)25-20-9-7-19(8-10-20)17-27-15-13-26(2)14-16-27/h3-10H,11-17H2,1-2H3,(H,24,29)(H,25,28). The van der Waals surface area contributed by atoms with Crippen molar-refractivity contribution in [1.29, 1.82) is 0 Å². The van der Waals surface area contributed by atoms with E-state index in [0.717, 1.165) is 44.0 Å². The number of aryl methyl sites for hydroxylation is 1. The molecule has 0 radical (unpaired) electrons. The van der Waals surface area contributed by atoms with E-state index in [4.69, 9.17) is 0 Å². The van der Waals surface area contributed by atoms with Gasteiger partial charge in [-0.3, -0.25) is 14.5 Å². The lowest BCUT2D eigenvalue weighted by molar-refractivity contribution is -0.116. The molecular formula is C23H30N4O2. The van der Waals surface area contributed by atoms with Crippen LogP contribution >= 0.6 is 0 Å². The first-order valence-corrected chi connectivity index (χ1v) is 10.1. The Kier molecular flexibility index (Phi) is 7.38. The first-order valence-electron chi connectivity index (χ1n) is 10.1. The minimum absolute atomic E-state index is 0.109. The van der Waals surface area contributed by atoms with Crippen LogP contribution in [-0.2, 0) is 11.3 Å². The Hall–Kier alpha value is -2.70. The SMILES string of the molecule is Cc1ccccc1C(=O)NCCC(=O)Nc1ccc(CN2CCN(C)CC2)cc1. The van der Waals surface area contributed by atoms with Crippen molar-refractivity contribution in [2.45, 2.75) is 19.9 Å². The average molecular weight is 395 g/mol. The van der Waals surface area contributed by atoms with Gasteiger partial charge in [-0.15, -0.1) is 0 Å². The number of anilines is 1. The molecular weight excluding hydrogens is 364 g/mol. The highest BCUT2D eigenvalue weighted by atomic mass is 16.2. The van der Waals surface area contributed by atoms with Gasteiger partial charge in [0.05, 0.1) is 0 Å². The van der Waals surface area contributed by atoms with E-state index in [1.165, 1.54) is 5.56 Å². The van der Waals surface area contributed by atoms with Crippen molar-refractivity contribution in [3.05, 3.63) is 65.2 Å². The van der Waals surface area contributed by atoms with Gasteiger partial charge in [0.15, 0.2) is 0 Å². The van der Waals surface area contributed by atoms with Gasteiger partial charge in [0, 0.05) is 56.9 Å². The quantitative estimate of drug-likeness (QED) is 0.757. The number of hydrogen-bond acceptors (Lipinski definition) is 4. The third-order valence-electron chi connectivity index (χ3n) is 5.27. The normalized spacial score (nSPS) is 15.1. The van der Waals surface area contributed by atoms with Crippen LogP contribution in [0.25, 0.3) is 0 Å². The van der Waals surface area contributed by atoms with E-state index in [-0.39, 0.29) is 18.2 Å². The van der Waals surface area contributed by atoms with Gasteiger partial charge in [-0.25, -0.2) is 0 Å². The molecule has 2 N–H and O–H groups in total. The number of rotatable bonds is 7. The minimum atomic E-state index is -0.149. The summed E-state index contributed by atoms with van der Waals surface area (Å²) in [5, 5.41) is 5.70. The van der Waals surface area contributed by atoms with Gasteiger partial charge in [-0.05, 0) is 43.3 Å². The topological polar surface area (TPSA) is 64.7 Å². The van der Waals surface area contributed by atoms with Crippen LogP contribution in [0.4, 0.5) is 5.69 Å². The van der Waals surface area contributed by atoms with Crippen molar-refractivity contribution in [3.8, 4) is 0 Å². The number of amides is 2. The van der Waals surface area contributed by atoms with Crippen molar-refractivity contribution < 1.29 is 9.59 Å². The molecule has 6 heteroatoms. The molecule has 0 aromatic heterocycles. The van der Waals surface area contributed by atoms with E-state index in [1.54, 1.807) is 6.07 Å². The number of piperazine rings is 1. The predicted molar refractivity (Wildman–Crippen MR) is 116 cm³/mol. The van der Waals surface area contributed by atoms with Crippen LogP contribution in [-0.4, -0.2) is 61.4 Å². The Morgan fingerprint density at radius 2 is 1.66 bits per heavy atom. The Morgan fingerprint density at radius 1 is 0.966 bits per heavy atom. The van der Waals surface area contributed by atoms with Crippen molar-refractivity contribution in [2.75, 3.05) is 45.1 Å². The smallest absolute Gasteiger partial charge is 0.251 e. The summed E-state index contributed by atoms with van der Waals surface area (Å²) in [6.45, 7) is 7.53. The number of carbonyl (C=O) groups is 2. The van der Waals surface area contributed by atoms with Crippen molar-refractivity contribution in [2.24, 2.45) is 0 Å². The summed E-state index contributed by atoms with van der Waals surface area (Å²) in [7, 11) is 2.16.